The van der Waals surface area contributed by atoms with E-state index < -0.39 is 0 Å². The molecule has 0 radical (unpaired) electrons. The number of rotatable bonds is 4. The average Bonchev–Trinajstić information content (AvgIpc) is 2.87. The molecule has 25 heavy (non-hydrogen) atoms. The van der Waals surface area contributed by atoms with Crippen molar-refractivity contribution in [3.05, 3.63) is 41.2 Å². The van der Waals surface area contributed by atoms with E-state index in [1.54, 1.807) is 0 Å². The van der Waals surface area contributed by atoms with E-state index in [1.165, 1.54) is 0 Å². The minimum absolute atomic E-state index is 0.0195. The van der Waals surface area contributed by atoms with E-state index in [-0.39, 0.29) is 11.7 Å². The first-order valence-electron chi connectivity index (χ1n) is 8.71. The molecule has 1 amide bonds. The summed E-state index contributed by atoms with van der Waals surface area (Å²) in [6, 6.07) is 5.78. The Labute approximate surface area is 148 Å². The largest absolute Gasteiger partial charge is 0.383 e. The number of hydrogen-bond acceptors (Lipinski definition) is 3. The molecule has 1 aliphatic rings. The molecular formula is C20H25N3O2. The number of amides is 1. The minimum Gasteiger partial charge on any atom is -0.383 e. The van der Waals surface area contributed by atoms with Crippen LogP contribution in [-0.2, 0) is 11.2 Å². The van der Waals surface area contributed by atoms with Gasteiger partial charge in [-0.15, -0.1) is 0 Å². The lowest BCUT2D eigenvalue weighted by atomic mass is 9.90. The van der Waals surface area contributed by atoms with Crippen LogP contribution in [0.15, 0.2) is 30.0 Å². The van der Waals surface area contributed by atoms with Crippen molar-refractivity contribution in [3.8, 4) is 0 Å². The molecule has 0 fully saturated rings. The third-order valence-corrected chi connectivity index (χ3v) is 4.36. The van der Waals surface area contributed by atoms with Crippen LogP contribution >= 0.6 is 0 Å². The smallest absolute Gasteiger partial charge is 0.224 e. The summed E-state index contributed by atoms with van der Waals surface area (Å²) in [5, 5.41) is 3.98. The lowest BCUT2D eigenvalue weighted by Crippen LogP contribution is -2.16. The van der Waals surface area contributed by atoms with Crippen LogP contribution in [0, 0.1) is 5.92 Å². The van der Waals surface area contributed by atoms with Crippen LogP contribution in [-0.4, -0.2) is 35.7 Å². The van der Waals surface area contributed by atoms with E-state index in [0.717, 1.165) is 40.6 Å². The molecule has 2 N–H and O–H groups in total. The highest BCUT2D eigenvalue weighted by Gasteiger charge is 2.26. The van der Waals surface area contributed by atoms with Gasteiger partial charge in [0.25, 0.3) is 0 Å². The van der Waals surface area contributed by atoms with Crippen LogP contribution in [0.1, 0.15) is 42.7 Å². The zero-order valence-electron chi connectivity index (χ0n) is 15.3. The number of ketones is 1. The van der Waals surface area contributed by atoms with Crippen molar-refractivity contribution >= 4 is 28.3 Å². The van der Waals surface area contributed by atoms with Crippen LogP contribution in [0.25, 0.3) is 10.9 Å². The summed E-state index contributed by atoms with van der Waals surface area (Å²) in [5.74, 6) is 0.408. The highest BCUT2D eigenvalue weighted by molar-refractivity contribution is 6.13. The summed E-state index contributed by atoms with van der Waals surface area (Å²) < 4.78 is 0. The molecule has 0 saturated carbocycles. The topological polar surface area (TPSA) is 65.2 Å². The second kappa shape index (κ2) is 6.75. The number of benzene rings is 1. The van der Waals surface area contributed by atoms with E-state index >= 15 is 0 Å². The van der Waals surface area contributed by atoms with Gasteiger partial charge in [0, 0.05) is 48.9 Å². The SMILES string of the molecule is CC(C)CC(=O)Nc1ccc2[nH]c3c(c2c1)CCC(=CN(C)C)C3=O. The van der Waals surface area contributed by atoms with Gasteiger partial charge in [-0.1, -0.05) is 13.8 Å². The standard InChI is InChI=1S/C20H25N3O2/c1-12(2)9-18(24)21-14-6-8-17-16(10-14)15-7-5-13(11-23(3)4)20(25)19(15)22-17/h6,8,10-12,22H,5,7,9H2,1-4H3,(H,21,24). The van der Waals surface area contributed by atoms with E-state index in [0.29, 0.717) is 18.0 Å². The average molecular weight is 339 g/mol. The zero-order valence-corrected chi connectivity index (χ0v) is 15.3. The number of allylic oxidation sites excluding steroid dienone is 1. The molecule has 5 heteroatoms. The predicted molar refractivity (Wildman–Crippen MR) is 101 cm³/mol. The molecule has 1 heterocycles. The number of carbonyl (C=O) groups is 2. The van der Waals surface area contributed by atoms with E-state index in [1.807, 2.05) is 57.2 Å². The number of fused-ring (bicyclic) bond motifs is 3. The van der Waals surface area contributed by atoms with Crippen molar-refractivity contribution in [1.82, 2.24) is 9.88 Å². The molecule has 0 aliphatic heterocycles. The van der Waals surface area contributed by atoms with Crippen LogP contribution in [0.5, 0.6) is 0 Å². The lowest BCUT2D eigenvalue weighted by Gasteiger charge is -2.16. The quantitative estimate of drug-likeness (QED) is 0.834. The normalized spacial score (nSPS) is 15.7. The summed E-state index contributed by atoms with van der Waals surface area (Å²) in [7, 11) is 3.85. The minimum atomic E-state index is 0.0195. The van der Waals surface area contributed by atoms with Gasteiger partial charge in [-0.2, -0.15) is 0 Å². The molecule has 1 aromatic carbocycles. The summed E-state index contributed by atoms with van der Waals surface area (Å²) in [4.78, 5) is 29.9. The number of hydrogen-bond donors (Lipinski definition) is 2. The molecule has 1 aliphatic carbocycles. The number of nitrogens with zero attached hydrogens (tertiary/aromatic N) is 1. The van der Waals surface area contributed by atoms with Crippen molar-refractivity contribution < 1.29 is 9.59 Å². The number of nitrogens with one attached hydrogen (secondary N) is 2. The van der Waals surface area contributed by atoms with Crippen LogP contribution in [0.4, 0.5) is 5.69 Å². The van der Waals surface area contributed by atoms with E-state index in [4.69, 9.17) is 0 Å². The van der Waals surface area contributed by atoms with Crippen molar-refractivity contribution in [2.24, 2.45) is 5.92 Å². The second-order valence-electron chi connectivity index (χ2n) is 7.33. The predicted octanol–water partition coefficient (Wildman–Crippen LogP) is 3.73. The fraction of sp³-hybridized carbons (Fsp3) is 0.400. The molecule has 3 rings (SSSR count). The third kappa shape index (κ3) is 3.60. The van der Waals surface area contributed by atoms with Gasteiger partial charge >= 0.3 is 0 Å². The Morgan fingerprint density at radius 1 is 1.32 bits per heavy atom. The summed E-state index contributed by atoms with van der Waals surface area (Å²) >= 11 is 0. The van der Waals surface area contributed by atoms with Crippen LogP contribution in [0.2, 0.25) is 0 Å². The van der Waals surface area contributed by atoms with Gasteiger partial charge in [0.05, 0.1) is 5.69 Å². The maximum absolute atomic E-state index is 12.7. The fourth-order valence-corrected chi connectivity index (χ4v) is 3.33. The summed E-state index contributed by atoms with van der Waals surface area (Å²) in [6.07, 6.45) is 3.96. The molecule has 132 valence electrons. The lowest BCUT2D eigenvalue weighted by molar-refractivity contribution is -0.116. The number of anilines is 1. The highest BCUT2D eigenvalue weighted by atomic mass is 16.1. The Kier molecular flexibility index (Phi) is 4.66. The summed E-state index contributed by atoms with van der Waals surface area (Å²) in [6.45, 7) is 4.05. The maximum atomic E-state index is 12.7. The highest BCUT2D eigenvalue weighted by Crippen LogP contribution is 2.33. The first-order chi connectivity index (χ1) is 11.8. The van der Waals surface area contributed by atoms with Crippen LogP contribution in [0.3, 0.4) is 0 Å². The van der Waals surface area contributed by atoms with Gasteiger partial charge in [0.1, 0.15) is 0 Å². The monoisotopic (exact) mass is 339 g/mol. The Bertz CT molecular complexity index is 859. The molecule has 0 bridgehead atoms. The number of Topliss-reactive ketones (excluding diaryl/α,β-unsaturated/α-hetero) is 1. The number of carbonyl (C=O) groups excluding carboxylic acids is 2. The molecule has 5 nitrogen and oxygen atoms in total. The number of H-pyrrole nitrogens is 1. The molecule has 1 aromatic heterocycles. The number of aromatic amines is 1. The fourth-order valence-electron chi connectivity index (χ4n) is 3.33. The molecule has 0 spiro atoms. The van der Waals surface area contributed by atoms with Gasteiger partial charge in [0.15, 0.2) is 0 Å². The zero-order chi connectivity index (χ0) is 18.1. The first-order valence-corrected chi connectivity index (χ1v) is 8.71. The van der Waals surface area contributed by atoms with Crippen molar-refractivity contribution in [1.29, 1.82) is 0 Å². The molecule has 0 atom stereocenters. The van der Waals surface area contributed by atoms with Gasteiger partial charge in [-0.3, -0.25) is 9.59 Å². The third-order valence-electron chi connectivity index (χ3n) is 4.36. The second-order valence-corrected chi connectivity index (χ2v) is 7.33. The van der Waals surface area contributed by atoms with Gasteiger partial charge in [-0.25, -0.2) is 0 Å². The Hall–Kier alpha value is -2.56. The molecular weight excluding hydrogens is 314 g/mol. The molecule has 0 unspecified atom stereocenters. The Morgan fingerprint density at radius 2 is 2.08 bits per heavy atom. The van der Waals surface area contributed by atoms with E-state index in [2.05, 4.69) is 10.3 Å². The maximum Gasteiger partial charge on any atom is 0.224 e. The van der Waals surface area contributed by atoms with E-state index in [9.17, 15) is 9.59 Å². The van der Waals surface area contributed by atoms with Gasteiger partial charge in [-0.05, 0) is 42.5 Å². The van der Waals surface area contributed by atoms with Crippen molar-refractivity contribution in [2.75, 3.05) is 19.4 Å². The van der Waals surface area contributed by atoms with Gasteiger partial charge < -0.3 is 15.2 Å². The Balaban J connectivity index is 1.93. The van der Waals surface area contributed by atoms with Crippen molar-refractivity contribution in [2.45, 2.75) is 33.1 Å². The molecule has 0 saturated heterocycles. The first kappa shape index (κ1) is 17.3. The van der Waals surface area contributed by atoms with Crippen molar-refractivity contribution in [3.63, 3.8) is 0 Å². The van der Waals surface area contributed by atoms with Gasteiger partial charge in [0.2, 0.25) is 11.7 Å². The summed E-state index contributed by atoms with van der Waals surface area (Å²) in [5.41, 5.74) is 4.28. The van der Waals surface area contributed by atoms with Crippen LogP contribution < -0.4 is 5.32 Å². The number of aryl methyl sites for hydroxylation is 1. The molecule has 2 aromatic rings. The number of aromatic nitrogens is 1. The Morgan fingerprint density at radius 3 is 2.76 bits per heavy atom.